The normalized spacial score (nSPS) is 11.2. The number of nitrogens with zero attached hydrogens (tertiary/aromatic N) is 5. The van der Waals surface area contributed by atoms with Crippen LogP contribution in [0.2, 0.25) is 0 Å². The number of aromatic amines is 1. The van der Waals surface area contributed by atoms with E-state index in [0.29, 0.717) is 18.2 Å². The minimum atomic E-state index is 0.596. The van der Waals surface area contributed by atoms with Crippen LogP contribution in [0.15, 0.2) is 78.9 Å². The molecule has 0 atom stereocenters. The van der Waals surface area contributed by atoms with Crippen LogP contribution in [0.4, 0.5) is 23.1 Å². The summed E-state index contributed by atoms with van der Waals surface area (Å²) in [6.07, 6.45) is 0. The van der Waals surface area contributed by atoms with Gasteiger partial charge in [0.05, 0.1) is 17.6 Å². The van der Waals surface area contributed by atoms with Crippen molar-refractivity contribution in [1.82, 2.24) is 24.6 Å². The minimum absolute atomic E-state index is 0.596. The Morgan fingerprint density at radius 3 is 2.16 bits per heavy atom. The van der Waals surface area contributed by atoms with Crippen LogP contribution in [0, 0.1) is 6.92 Å². The quantitative estimate of drug-likeness (QED) is 0.262. The zero-order valence-corrected chi connectivity index (χ0v) is 20.9. The molecule has 37 heavy (non-hydrogen) atoms. The van der Waals surface area contributed by atoms with E-state index in [2.05, 4.69) is 26.4 Å². The van der Waals surface area contributed by atoms with Crippen LogP contribution in [0.25, 0.3) is 28.0 Å². The molecule has 0 saturated carbocycles. The van der Waals surface area contributed by atoms with Crippen molar-refractivity contribution < 1.29 is 9.42 Å². The molecule has 0 saturated heterocycles. The SMILES string of the molecule is CCOc1ccc(Nc2nc3ccccc3nc2Nc2cc(C)[nH][n+]2-c2nc3ccccc3n2C)cc1. The fourth-order valence-corrected chi connectivity index (χ4v) is 4.35. The van der Waals surface area contributed by atoms with Gasteiger partial charge in [0.25, 0.3) is 0 Å². The van der Waals surface area contributed by atoms with Gasteiger partial charge in [-0.15, -0.1) is 9.67 Å². The lowest BCUT2D eigenvalue weighted by atomic mass is 10.3. The van der Waals surface area contributed by atoms with Crippen LogP contribution in [-0.4, -0.2) is 31.2 Å². The first kappa shape index (κ1) is 22.5. The average Bonchev–Trinajstić information content (AvgIpc) is 3.44. The monoisotopic (exact) mass is 491 g/mol. The standard InChI is InChI=1S/C28H26N8O/c1-4-37-20-15-13-19(14-16-20)29-26-27(31-22-10-6-5-9-21(22)30-26)33-25-17-18(2)34-36(25)28-32-23-11-7-8-12-24(23)35(28)3/h5-17H,4H2,1-3H3,(H2,29,30,31,33,34)/p+1. The van der Waals surface area contributed by atoms with Gasteiger partial charge in [-0.1, -0.05) is 24.3 Å². The predicted molar refractivity (Wildman–Crippen MR) is 145 cm³/mol. The summed E-state index contributed by atoms with van der Waals surface area (Å²) >= 11 is 0. The number of H-pyrrole nitrogens is 1. The molecular weight excluding hydrogens is 464 g/mol. The maximum Gasteiger partial charge on any atom is 0.377 e. The predicted octanol–water partition coefficient (Wildman–Crippen LogP) is 5.32. The van der Waals surface area contributed by atoms with Crippen LogP contribution in [0.5, 0.6) is 5.75 Å². The molecular formula is C28H27N8O+. The number of ether oxygens (including phenoxy) is 1. The third-order valence-corrected chi connectivity index (χ3v) is 6.09. The zero-order valence-electron chi connectivity index (χ0n) is 20.9. The van der Waals surface area contributed by atoms with Crippen molar-refractivity contribution in [2.24, 2.45) is 7.05 Å². The van der Waals surface area contributed by atoms with Gasteiger partial charge in [0, 0.05) is 24.5 Å². The molecule has 9 nitrogen and oxygen atoms in total. The molecule has 3 heterocycles. The number of imidazole rings is 1. The van der Waals surface area contributed by atoms with Gasteiger partial charge in [-0.05, 0) is 62.4 Å². The first-order chi connectivity index (χ1) is 18.1. The fraction of sp³-hybridized carbons (Fsp3) is 0.143. The van der Waals surface area contributed by atoms with Crippen molar-refractivity contribution in [1.29, 1.82) is 0 Å². The molecule has 0 radical (unpaired) electrons. The minimum Gasteiger partial charge on any atom is -0.494 e. The Labute approximate surface area is 213 Å². The van der Waals surface area contributed by atoms with Gasteiger partial charge in [-0.25, -0.2) is 14.5 Å². The second-order valence-electron chi connectivity index (χ2n) is 8.74. The van der Waals surface area contributed by atoms with E-state index < -0.39 is 0 Å². The number of nitrogens with one attached hydrogen (secondary N) is 3. The molecule has 9 heteroatoms. The van der Waals surface area contributed by atoms with Crippen LogP contribution >= 0.6 is 0 Å². The number of benzene rings is 3. The van der Waals surface area contributed by atoms with Crippen LogP contribution < -0.4 is 20.1 Å². The van der Waals surface area contributed by atoms with Crippen molar-refractivity contribution in [2.45, 2.75) is 13.8 Å². The first-order valence-electron chi connectivity index (χ1n) is 12.2. The largest absolute Gasteiger partial charge is 0.494 e. The Kier molecular flexibility index (Phi) is 5.65. The molecule has 0 amide bonds. The van der Waals surface area contributed by atoms with Crippen molar-refractivity contribution in [3.8, 4) is 11.7 Å². The van der Waals surface area contributed by atoms with E-state index in [9.17, 15) is 0 Å². The number of hydrogen-bond donors (Lipinski definition) is 3. The molecule has 0 spiro atoms. The van der Waals surface area contributed by atoms with Gasteiger partial charge >= 0.3 is 5.95 Å². The number of anilines is 4. The number of para-hydroxylation sites is 4. The van der Waals surface area contributed by atoms with Crippen LogP contribution in [0.1, 0.15) is 12.6 Å². The maximum absolute atomic E-state index is 5.58. The van der Waals surface area contributed by atoms with E-state index in [1.54, 1.807) is 0 Å². The molecule has 184 valence electrons. The molecule has 3 N–H and O–H groups in total. The lowest BCUT2D eigenvalue weighted by Crippen LogP contribution is -2.38. The Bertz CT molecular complexity index is 1720. The zero-order chi connectivity index (χ0) is 25.4. The molecule has 6 rings (SSSR count). The Balaban J connectivity index is 1.42. The summed E-state index contributed by atoms with van der Waals surface area (Å²) < 4.78 is 9.56. The van der Waals surface area contributed by atoms with E-state index in [1.165, 1.54) is 0 Å². The smallest absolute Gasteiger partial charge is 0.377 e. The highest BCUT2D eigenvalue weighted by atomic mass is 16.5. The van der Waals surface area contributed by atoms with Gasteiger partial charge in [0.2, 0.25) is 11.6 Å². The van der Waals surface area contributed by atoms with E-state index in [1.807, 2.05) is 98.4 Å². The summed E-state index contributed by atoms with van der Waals surface area (Å²) in [5.41, 5.74) is 5.42. The molecule has 0 bridgehead atoms. The highest BCUT2D eigenvalue weighted by Gasteiger charge is 2.23. The summed E-state index contributed by atoms with van der Waals surface area (Å²) in [6.45, 7) is 4.60. The van der Waals surface area contributed by atoms with Crippen molar-refractivity contribution >= 4 is 45.2 Å². The van der Waals surface area contributed by atoms with Crippen molar-refractivity contribution in [3.63, 3.8) is 0 Å². The highest BCUT2D eigenvalue weighted by Crippen LogP contribution is 2.28. The first-order valence-corrected chi connectivity index (χ1v) is 12.2. The van der Waals surface area contributed by atoms with Crippen LogP contribution in [0.3, 0.4) is 0 Å². The number of aryl methyl sites for hydroxylation is 2. The van der Waals surface area contributed by atoms with E-state index >= 15 is 0 Å². The third kappa shape index (κ3) is 4.31. The molecule has 0 aliphatic rings. The average molecular weight is 492 g/mol. The highest BCUT2D eigenvalue weighted by molar-refractivity contribution is 5.83. The summed E-state index contributed by atoms with van der Waals surface area (Å²) in [4.78, 5) is 14.6. The third-order valence-electron chi connectivity index (χ3n) is 6.09. The van der Waals surface area contributed by atoms with E-state index in [-0.39, 0.29) is 0 Å². The molecule has 6 aromatic rings. The van der Waals surface area contributed by atoms with Gasteiger partial charge in [0.1, 0.15) is 11.3 Å². The van der Waals surface area contributed by atoms with Gasteiger partial charge in [-0.2, -0.15) is 0 Å². The molecule has 0 fully saturated rings. The van der Waals surface area contributed by atoms with Gasteiger partial charge in [-0.3, -0.25) is 10.4 Å². The van der Waals surface area contributed by atoms with Gasteiger partial charge in [0.15, 0.2) is 11.3 Å². The number of fused-ring (bicyclic) bond motifs is 2. The summed E-state index contributed by atoms with van der Waals surface area (Å²) in [6, 6.07) is 25.7. The lowest BCUT2D eigenvalue weighted by Gasteiger charge is -2.12. The molecule has 0 aliphatic heterocycles. The number of hydrogen-bond acceptors (Lipinski definition) is 6. The summed E-state index contributed by atoms with van der Waals surface area (Å²) in [5.74, 6) is 3.57. The number of rotatable bonds is 7. The summed E-state index contributed by atoms with van der Waals surface area (Å²) in [7, 11) is 2.01. The Morgan fingerprint density at radius 2 is 1.49 bits per heavy atom. The second kappa shape index (κ2) is 9.27. The Hall–Kier alpha value is -4.92. The maximum atomic E-state index is 5.58. The number of aromatic nitrogens is 6. The lowest BCUT2D eigenvalue weighted by molar-refractivity contribution is -0.650. The Morgan fingerprint density at radius 1 is 0.838 bits per heavy atom. The van der Waals surface area contributed by atoms with Gasteiger partial charge < -0.3 is 10.1 Å². The molecule has 0 aliphatic carbocycles. The van der Waals surface area contributed by atoms with Crippen molar-refractivity contribution in [3.05, 3.63) is 84.6 Å². The molecule has 0 unspecified atom stereocenters. The van der Waals surface area contributed by atoms with Crippen LogP contribution in [-0.2, 0) is 7.05 Å². The van der Waals surface area contributed by atoms with E-state index in [4.69, 9.17) is 19.7 Å². The molecule has 3 aromatic heterocycles. The topological polar surface area (TPSA) is 96.6 Å². The molecule has 3 aromatic carbocycles. The van der Waals surface area contributed by atoms with E-state index in [0.717, 1.165) is 51.0 Å². The fourth-order valence-electron chi connectivity index (χ4n) is 4.35. The van der Waals surface area contributed by atoms with Crippen molar-refractivity contribution in [2.75, 3.05) is 17.2 Å². The summed E-state index contributed by atoms with van der Waals surface area (Å²) in [5, 5.41) is 10.3. The second-order valence-corrected chi connectivity index (χ2v) is 8.74.